The van der Waals surface area contributed by atoms with Gasteiger partial charge in [-0.2, -0.15) is 0 Å². The van der Waals surface area contributed by atoms with E-state index in [1.807, 2.05) is 6.08 Å². The second-order valence-electron chi connectivity index (χ2n) is 1.48. The van der Waals surface area contributed by atoms with Gasteiger partial charge in [0, 0.05) is 0 Å². The van der Waals surface area contributed by atoms with Crippen LogP contribution in [0.25, 0.3) is 0 Å². The van der Waals surface area contributed by atoms with Gasteiger partial charge in [0.05, 0.1) is 12.5 Å². The first-order valence-electron chi connectivity index (χ1n) is 3.00. The first kappa shape index (κ1) is 8.02. The predicted octanol–water partition coefficient (Wildman–Crippen LogP) is 2.63. The van der Waals surface area contributed by atoms with Crippen LogP contribution in [0.1, 0.15) is 13.3 Å². The predicted molar refractivity (Wildman–Crippen MR) is 39.9 cm³/mol. The monoisotopic (exact) mass is 124 g/mol. The second kappa shape index (κ2) is 7.02. The Bertz CT molecular complexity index is 112. The summed E-state index contributed by atoms with van der Waals surface area (Å²) in [6, 6.07) is 0. The highest BCUT2D eigenvalue weighted by Gasteiger charge is 1.64. The van der Waals surface area contributed by atoms with E-state index in [4.69, 9.17) is 4.74 Å². The van der Waals surface area contributed by atoms with E-state index < -0.39 is 0 Å². The van der Waals surface area contributed by atoms with E-state index in [0.29, 0.717) is 0 Å². The summed E-state index contributed by atoms with van der Waals surface area (Å²) in [6.07, 6.45) is 9.58. The van der Waals surface area contributed by atoms with E-state index in [-0.39, 0.29) is 0 Å². The van der Waals surface area contributed by atoms with E-state index in [9.17, 15) is 0 Å². The quantitative estimate of drug-likeness (QED) is 0.413. The van der Waals surface area contributed by atoms with Crippen LogP contribution < -0.4 is 0 Å². The average molecular weight is 124 g/mol. The van der Waals surface area contributed by atoms with Gasteiger partial charge >= 0.3 is 0 Å². The molecular formula is C8H12O. The summed E-state index contributed by atoms with van der Waals surface area (Å²) in [5.41, 5.74) is 0. The molecule has 0 aliphatic carbocycles. The Morgan fingerprint density at radius 3 is 2.78 bits per heavy atom. The van der Waals surface area contributed by atoms with Gasteiger partial charge in [0.15, 0.2) is 0 Å². The van der Waals surface area contributed by atoms with Crippen molar-refractivity contribution in [1.29, 1.82) is 0 Å². The van der Waals surface area contributed by atoms with Gasteiger partial charge in [-0.3, -0.25) is 0 Å². The summed E-state index contributed by atoms with van der Waals surface area (Å²) in [5.74, 6) is 0. The lowest BCUT2D eigenvalue weighted by atomic mass is 10.5. The minimum Gasteiger partial charge on any atom is -0.473 e. The van der Waals surface area contributed by atoms with Crippen LogP contribution >= 0.6 is 0 Å². The van der Waals surface area contributed by atoms with Gasteiger partial charge in [-0.05, 0) is 18.6 Å². The van der Waals surface area contributed by atoms with Crippen molar-refractivity contribution in [2.75, 3.05) is 0 Å². The highest BCUT2D eigenvalue weighted by Crippen LogP contribution is 1.83. The third-order valence-corrected chi connectivity index (χ3v) is 0.704. The minimum atomic E-state index is 1.00. The molecule has 0 saturated carbocycles. The van der Waals surface area contributed by atoms with Gasteiger partial charge in [0.1, 0.15) is 0 Å². The number of hydrogen-bond donors (Lipinski definition) is 0. The van der Waals surface area contributed by atoms with E-state index >= 15 is 0 Å². The zero-order valence-corrected chi connectivity index (χ0v) is 5.71. The Kier molecular flexibility index (Phi) is 6.26. The molecule has 1 heteroatoms. The fraction of sp³-hybridized carbons (Fsp3) is 0.250. The van der Waals surface area contributed by atoms with Crippen molar-refractivity contribution in [2.24, 2.45) is 0 Å². The van der Waals surface area contributed by atoms with Crippen LogP contribution in [0, 0.1) is 0 Å². The van der Waals surface area contributed by atoms with E-state index in [1.54, 1.807) is 24.7 Å². The molecule has 0 atom stereocenters. The zero-order valence-electron chi connectivity index (χ0n) is 5.71. The maximum atomic E-state index is 4.88. The molecule has 0 aromatic heterocycles. The summed E-state index contributed by atoms with van der Waals surface area (Å²) in [7, 11) is 0. The van der Waals surface area contributed by atoms with Crippen molar-refractivity contribution in [3.63, 3.8) is 0 Å². The Morgan fingerprint density at radius 1 is 1.44 bits per heavy atom. The highest BCUT2D eigenvalue weighted by atomic mass is 16.5. The number of hydrogen-bond acceptors (Lipinski definition) is 1. The maximum absolute atomic E-state index is 4.88. The summed E-state index contributed by atoms with van der Waals surface area (Å²) in [6.45, 7) is 5.54. The lowest BCUT2D eigenvalue weighted by Crippen LogP contribution is -1.62. The van der Waals surface area contributed by atoms with Crippen LogP contribution in [0.4, 0.5) is 0 Å². The molecule has 0 amide bonds. The first-order chi connectivity index (χ1) is 4.41. The molecule has 0 fully saturated rings. The standard InChI is InChI=1S/C8H12O/c1-3-5-7-9-8-6-4-2/h3,5-8H,1,4H2,2H3. The molecule has 0 rings (SSSR count). The van der Waals surface area contributed by atoms with Gasteiger partial charge in [-0.1, -0.05) is 19.6 Å². The molecule has 0 unspecified atom stereocenters. The van der Waals surface area contributed by atoms with Crippen molar-refractivity contribution in [1.82, 2.24) is 0 Å². The average Bonchev–Trinajstić information content (AvgIpc) is 1.89. The molecule has 50 valence electrons. The Hall–Kier alpha value is -0.980. The third kappa shape index (κ3) is 7.02. The lowest BCUT2D eigenvalue weighted by Gasteiger charge is -1.84. The van der Waals surface area contributed by atoms with Gasteiger partial charge in [-0.15, -0.1) is 0 Å². The number of rotatable bonds is 4. The highest BCUT2D eigenvalue weighted by molar-refractivity contribution is 4.93. The van der Waals surface area contributed by atoms with Crippen LogP contribution in [-0.4, -0.2) is 0 Å². The van der Waals surface area contributed by atoms with Gasteiger partial charge in [0.2, 0.25) is 0 Å². The fourth-order valence-electron chi connectivity index (χ4n) is 0.298. The van der Waals surface area contributed by atoms with E-state index in [1.165, 1.54) is 0 Å². The van der Waals surface area contributed by atoms with Crippen molar-refractivity contribution < 1.29 is 4.74 Å². The van der Waals surface area contributed by atoms with E-state index in [0.717, 1.165) is 6.42 Å². The summed E-state index contributed by atoms with van der Waals surface area (Å²) in [5, 5.41) is 0. The molecular weight excluding hydrogens is 112 g/mol. The Morgan fingerprint density at radius 2 is 2.22 bits per heavy atom. The van der Waals surface area contributed by atoms with Crippen LogP contribution in [0.15, 0.2) is 37.3 Å². The van der Waals surface area contributed by atoms with Crippen molar-refractivity contribution in [2.45, 2.75) is 13.3 Å². The largest absolute Gasteiger partial charge is 0.473 e. The summed E-state index contributed by atoms with van der Waals surface area (Å²) >= 11 is 0. The smallest absolute Gasteiger partial charge is 0.0901 e. The van der Waals surface area contributed by atoms with Crippen LogP contribution in [0.5, 0.6) is 0 Å². The molecule has 0 spiro atoms. The zero-order chi connectivity index (χ0) is 6.95. The SMILES string of the molecule is C=CC=COC=CCC. The Balaban J connectivity index is 3.17. The van der Waals surface area contributed by atoms with Crippen molar-refractivity contribution in [3.05, 3.63) is 37.3 Å². The molecule has 0 aromatic rings. The van der Waals surface area contributed by atoms with E-state index in [2.05, 4.69) is 13.5 Å². The number of ether oxygens (including phenoxy) is 1. The molecule has 0 radical (unpaired) electrons. The van der Waals surface area contributed by atoms with Crippen LogP contribution in [-0.2, 0) is 4.74 Å². The number of allylic oxidation sites excluding steroid dienone is 3. The first-order valence-corrected chi connectivity index (χ1v) is 3.00. The van der Waals surface area contributed by atoms with Crippen molar-refractivity contribution in [3.8, 4) is 0 Å². The second-order valence-corrected chi connectivity index (χ2v) is 1.48. The van der Waals surface area contributed by atoms with Crippen LogP contribution in [0.2, 0.25) is 0 Å². The molecule has 0 N–H and O–H groups in total. The van der Waals surface area contributed by atoms with Crippen LogP contribution in [0.3, 0.4) is 0 Å². The topological polar surface area (TPSA) is 9.23 Å². The molecule has 0 saturated heterocycles. The molecule has 0 heterocycles. The summed E-state index contributed by atoms with van der Waals surface area (Å²) < 4.78 is 4.88. The van der Waals surface area contributed by atoms with Gasteiger partial charge in [0.25, 0.3) is 0 Å². The maximum Gasteiger partial charge on any atom is 0.0901 e. The normalized spacial score (nSPS) is 10.8. The molecule has 0 aromatic carbocycles. The lowest BCUT2D eigenvalue weighted by molar-refractivity contribution is 0.401. The fourth-order valence-corrected chi connectivity index (χ4v) is 0.298. The minimum absolute atomic E-state index is 1.00. The van der Waals surface area contributed by atoms with Crippen molar-refractivity contribution >= 4 is 0 Å². The molecule has 0 aliphatic heterocycles. The molecule has 1 nitrogen and oxygen atoms in total. The van der Waals surface area contributed by atoms with Gasteiger partial charge in [-0.25, -0.2) is 0 Å². The molecule has 0 bridgehead atoms. The van der Waals surface area contributed by atoms with Gasteiger partial charge < -0.3 is 4.74 Å². The molecule has 0 aliphatic rings. The summed E-state index contributed by atoms with van der Waals surface area (Å²) in [4.78, 5) is 0. The third-order valence-electron chi connectivity index (χ3n) is 0.704. The molecule has 9 heavy (non-hydrogen) atoms. The Labute approximate surface area is 56.3 Å².